The summed E-state index contributed by atoms with van der Waals surface area (Å²) in [6.07, 6.45) is -3.59. The standard InChI is InChI=1S/C14H11F4N5O/c15-9-3-1-8(2-4-9)10(6-24)21-12-5-11(14(16,17)18)22-13-19-7-20-23(12)13/h1-5,7,10,21,24H,6H2/t10-/m1/s1. The summed E-state index contributed by atoms with van der Waals surface area (Å²) >= 11 is 0. The molecule has 0 aliphatic carbocycles. The Bertz CT molecular complexity index is 846. The Morgan fingerprint density at radius 3 is 2.54 bits per heavy atom. The zero-order valence-corrected chi connectivity index (χ0v) is 12.0. The summed E-state index contributed by atoms with van der Waals surface area (Å²) in [7, 11) is 0. The molecule has 126 valence electrons. The smallest absolute Gasteiger partial charge is 0.394 e. The van der Waals surface area contributed by atoms with E-state index in [2.05, 4.69) is 20.4 Å². The first-order valence-corrected chi connectivity index (χ1v) is 6.79. The Labute approximate surface area is 132 Å². The predicted molar refractivity (Wildman–Crippen MR) is 75.6 cm³/mol. The molecule has 24 heavy (non-hydrogen) atoms. The highest BCUT2D eigenvalue weighted by Crippen LogP contribution is 2.30. The van der Waals surface area contributed by atoms with Gasteiger partial charge in [0.15, 0.2) is 5.69 Å². The summed E-state index contributed by atoms with van der Waals surface area (Å²) in [6.45, 7) is -0.425. The fourth-order valence-electron chi connectivity index (χ4n) is 2.17. The van der Waals surface area contributed by atoms with Crippen LogP contribution in [0.25, 0.3) is 5.78 Å². The van der Waals surface area contributed by atoms with Crippen LogP contribution in [0.15, 0.2) is 36.7 Å². The van der Waals surface area contributed by atoms with Crippen molar-refractivity contribution in [2.75, 3.05) is 11.9 Å². The lowest BCUT2D eigenvalue weighted by atomic mass is 10.1. The number of benzene rings is 1. The number of alkyl halides is 3. The summed E-state index contributed by atoms with van der Waals surface area (Å²) in [5.41, 5.74) is -0.640. The van der Waals surface area contributed by atoms with Gasteiger partial charge in [0.1, 0.15) is 18.0 Å². The molecule has 0 aliphatic rings. The maximum atomic E-state index is 13.0. The van der Waals surface area contributed by atoms with Crippen molar-refractivity contribution < 1.29 is 22.7 Å². The van der Waals surface area contributed by atoms with Crippen molar-refractivity contribution in [3.05, 3.63) is 53.7 Å². The average Bonchev–Trinajstić information content (AvgIpc) is 3.01. The minimum absolute atomic E-state index is 0.0480. The van der Waals surface area contributed by atoms with Crippen molar-refractivity contribution in [2.24, 2.45) is 0 Å². The first-order valence-electron chi connectivity index (χ1n) is 6.79. The minimum Gasteiger partial charge on any atom is -0.394 e. The Morgan fingerprint density at radius 1 is 1.21 bits per heavy atom. The molecule has 0 fully saturated rings. The summed E-state index contributed by atoms with van der Waals surface area (Å²) in [4.78, 5) is 7.06. The molecule has 2 aromatic heterocycles. The molecule has 1 aromatic carbocycles. The second-order valence-corrected chi connectivity index (χ2v) is 4.93. The highest BCUT2D eigenvalue weighted by atomic mass is 19.4. The van der Waals surface area contributed by atoms with E-state index in [4.69, 9.17) is 0 Å². The summed E-state index contributed by atoms with van der Waals surface area (Å²) in [5, 5.41) is 16.1. The van der Waals surface area contributed by atoms with Gasteiger partial charge >= 0.3 is 6.18 Å². The topological polar surface area (TPSA) is 75.3 Å². The monoisotopic (exact) mass is 341 g/mol. The molecule has 2 heterocycles. The van der Waals surface area contributed by atoms with Crippen LogP contribution in [-0.2, 0) is 6.18 Å². The van der Waals surface area contributed by atoms with Gasteiger partial charge in [0.05, 0.1) is 12.6 Å². The van der Waals surface area contributed by atoms with E-state index in [0.29, 0.717) is 5.56 Å². The van der Waals surface area contributed by atoms with Gasteiger partial charge in [-0.3, -0.25) is 0 Å². The van der Waals surface area contributed by atoms with Gasteiger partial charge in [-0.05, 0) is 17.7 Å². The Kier molecular flexibility index (Phi) is 4.06. The van der Waals surface area contributed by atoms with Crippen molar-refractivity contribution in [1.82, 2.24) is 19.6 Å². The fraction of sp³-hybridized carbons (Fsp3) is 0.214. The number of rotatable bonds is 4. The van der Waals surface area contributed by atoms with Gasteiger partial charge in [0, 0.05) is 6.07 Å². The Balaban J connectivity index is 2.01. The van der Waals surface area contributed by atoms with Gasteiger partial charge in [-0.1, -0.05) is 12.1 Å². The number of aliphatic hydroxyl groups excluding tert-OH is 1. The molecular weight excluding hydrogens is 330 g/mol. The molecule has 10 heteroatoms. The van der Waals surface area contributed by atoms with Crippen LogP contribution in [0.2, 0.25) is 0 Å². The number of hydrogen-bond donors (Lipinski definition) is 2. The second kappa shape index (κ2) is 6.04. The van der Waals surface area contributed by atoms with Crippen LogP contribution < -0.4 is 5.32 Å². The Morgan fingerprint density at radius 2 is 1.92 bits per heavy atom. The number of aromatic nitrogens is 4. The second-order valence-electron chi connectivity index (χ2n) is 4.93. The number of aliphatic hydroxyl groups is 1. The summed E-state index contributed by atoms with van der Waals surface area (Å²) < 4.78 is 52.9. The molecule has 0 aliphatic heterocycles. The van der Waals surface area contributed by atoms with Crippen LogP contribution in [0.3, 0.4) is 0 Å². The van der Waals surface area contributed by atoms with Crippen molar-refractivity contribution in [2.45, 2.75) is 12.2 Å². The van der Waals surface area contributed by atoms with Crippen molar-refractivity contribution in [3.63, 3.8) is 0 Å². The third-order valence-electron chi connectivity index (χ3n) is 3.32. The molecule has 0 amide bonds. The fourth-order valence-corrected chi connectivity index (χ4v) is 2.17. The van der Waals surface area contributed by atoms with Crippen LogP contribution in [0.4, 0.5) is 23.4 Å². The van der Waals surface area contributed by atoms with Crippen LogP contribution in [-0.4, -0.2) is 31.3 Å². The van der Waals surface area contributed by atoms with Gasteiger partial charge in [-0.2, -0.15) is 27.8 Å². The Hall–Kier alpha value is -2.75. The number of fused-ring (bicyclic) bond motifs is 1. The maximum absolute atomic E-state index is 13.0. The lowest BCUT2D eigenvalue weighted by Crippen LogP contribution is -2.19. The summed E-state index contributed by atoms with van der Waals surface area (Å²) in [6, 6.07) is 5.24. The molecule has 0 bridgehead atoms. The van der Waals surface area contributed by atoms with Crippen molar-refractivity contribution in [1.29, 1.82) is 0 Å². The molecule has 3 rings (SSSR count). The van der Waals surface area contributed by atoms with E-state index < -0.39 is 30.3 Å². The highest BCUT2D eigenvalue weighted by Gasteiger charge is 2.34. The quantitative estimate of drug-likeness (QED) is 0.713. The van der Waals surface area contributed by atoms with Crippen molar-refractivity contribution in [3.8, 4) is 0 Å². The normalized spacial score (nSPS) is 13.2. The lowest BCUT2D eigenvalue weighted by molar-refractivity contribution is -0.141. The number of halogens is 4. The molecule has 6 nitrogen and oxygen atoms in total. The van der Waals surface area contributed by atoms with Gasteiger partial charge in [0.25, 0.3) is 5.78 Å². The van der Waals surface area contributed by atoms with Crippen LogP contribution in [0.5, 0.6) is 0 Å². The minimum atomic E-state index is -4.66. The number of nitrogens with zero attached hydrogens (tertiary/aromatic N) is 4. The van der Waals surface area contributed by atoms with E-state index in [-0.39, 0.29) is 11.6 Å². The average molecular weight is 341 g/mol. The number of hydrogen-bond acceptors (Lipinski definition) is 5. The lowest BCUT2D eigenvalue weighted by Gasteiger charge is -2.19. The summed E-state index contributed by atoms with van der Waals surface area (Å²) in [5.74, 6) is -0.742. The van der Waals surface area contributed by atoms with Crippen LogP contribution in [0.1, 0.15) is 17.3 Å². The predicted octanol–water partition coefficient (Wildman–Crippen LogP) is 2.43. The molecule has 2 N–H and O–H groups in total. The van der Waals surface area contributed by atoms with Gasteiger partial charge in [0.2, 0.25) is 0 Å². The van der Waals surface area contributed by atoms with E-state index in [9.17, 15) is 22.7 Å². The van der Waals surface area contributed by atoms with E-state index >= 15 is 0 Å². The van der Waals surface area contributed by atoms with E-state index in [1.807, 2.05) is 0 Å². The zero-order chi connectivity index (χ0) is 17.3. The van der Waals surface area contributed by atoms with Crippen LogP contribution in [0, 0.1) is 5.82 Å². The molecule has 0 saturated carbocycles. The van der Waals surface area contributed by atoms with Gasteiger partial charge in [-0.25, -0.2) is 9.37 Å². The van der Waals surface area contributed by atoms with E-state index in [1.54, 1.807) is 0 Å². The van der Waals surface area contributed by atoms with Gasteiger partial charge < -0.3 is 10.4 Å². The largest absolute Gasteiger partial charge is 0.433 e. The first-order chi connectivity index (χ1) is 11.4. The van der Waals surface area contributed by atoms with E-state index in [1.165, 1.54) is 24.3 Å². The molecule has 0 radical (unpaired) electrons. The van der Waals surface area contributed by atoms with E-state index in [0.717, 1.165) is 16.9 Å². The number of nitrogens with one attached hydrogen (secondary N) is 1. The van der Waals surface area contributed by atoms with Crippen molar-refractivity contribution >= 4 is 11.6 Å². The third-order valence-corrected chi connectivity index (χ3v) is 3.32. The SMILES string of the molecule is OC[C@@H](Nc1cc(C(F)(F)F)nc2ncnn12)c1ccc(F)cc1. The molecule has 3 aromatic rings. The number of anilines is 1. The molecule has 0 saturated heterocycles. The maximum Gasteiger partial charge on any atom is 0.433 e. The highest BCUT2D eigenvalue weighted by molar-refractivity contribution is 5.47. The third kappa shape index (κ3) is 3.13. The molecule has 0 unspecified atom stereocenters. The molecular formula is C14H11F4N5O. The molecule has 1 atom stereocenters. The zero-order valence-electron chi connectivity index (χ0n) is 12.0. The molecule has 0 spiro atoms. The first kappa shape index (κ1) is 16.1. The van der Waals surface area contributed by atoms with Gasteiger partial charge in [-0.15, -0.1) is 0 Å². The van der Waals surface area contributed by atoms with Crippen LogP contribution >= 0.6 is 0 Å².